The van der Waals surface area contributed by atoms with Crippen LogP contribution in [-0.2, 0) is 4.79 Å². The van der Waals surface area contributed by atoms with E-state index in [0.717, 1.165) is 16.9 Å². The Bertz CT molecular complexity index is 722. The first kappa shape index (κ1) is 17.5. The van der Waals surface area contributed by atoms with E-state index in [4.69, 9.17) is 10.5 Å². The molecule has 0 bridgehead atoms. The van der Waals surface area contributed by atoms with Crippen molar-refractivity contribution in [3.63, 3.8) is 0 Å². The molecule has 2 aromatic rings. The highest BCUT2D eigenvalue weighted by atomic mass is 16.5. The van der Waals surface area contributed by atoms with E-state index < -0.39 is 0 Å². The molecule has 5 heteroatoms. The molecule has 0 aliphatic rings. The van der Waals surface area contributed by atoms with Crippen LogP contribution in [0.4, 0.5) is 5.69 Å². The van der Waals surface area contributed by atoms with Gasteiger partial charge in [-0.1, -0.05) is 44.2 Å². The fraction of sp³-hybridized carbons (Fsp3) is 0.263. The SMILES string of the molecule is CC(=NNC(=O)COc1ccccc1C(C)C)c1ccc(N)cc1. The third-order valence-electron chi connectivity index (χ3n) is 3.58. The monoisotopic (exact) mass is 325 g/mol. The van der Waals surface area contributed by atoms with Gasteiger partial charge in [-0.25, -0.2) is 5.43 Å². The molecule has 0 saturated carbocycles. The number of para-hydroxylation sites is 1. The lowest BCUT2D eigenvalue weighted by molar-refractivity contribution is -0.123. The molecular weight excluding hydrogens is 302 g/mol. The number of nitrogens with two attached hydrogens (primary N) is 1. The number of nitrogens with zero attached hydrogens (tertiary/aromatic N) is 1. The maximum atomic E-state index is 11.9. The summed E-state index contributed by atoms with van der Waals surface area (Å²) in [5.74, 6) is 0.750. The van der Waals surface area contributed by atoms with Gasteiger partial charge in [0.2, 0.25) is 0 Å². The van der Waals surface area contributed by atoms with E-state index in [1.807, 2.05) is 43.3 Å². The van der Waals surface area contributed by atoms with Crippen LogP contribution in [0, 0.1) is 0 Å². The van der Waals surface area contributed by atoms with Crippen molar-refractivity contribution in [2.75, 3.05) is 12.3 Å². The number of nitrogen functional groups attached to an aromatic ring is 1. The molecule has 0 spiro atoms. The molecule has 24 heavy (non-hydrogen) atoms. The molecule has 0 aliphatic carbocycles. The van der Waals surface area contributed by atoms with Crippen molar-refractivity contribution in [2.45, 2.75) is 26.7 Å². The minimum Gasteiger partial charge on any atom is -0.483 e. The standard InChI is InChI=1S/C19H23N3O2/c1-13(2)17-6-4-5-7-18(17)24-12-19(23)22-21-14(3)15-8-10-16(20)11-9-15/h4-11,13H,12,20H2,1-3H3,(H,22,23). The summed E-state index contributed by atoms with van der Waals surface area (Å²) in [7, 11) is 0. The van der Waals surface area contributed by atoms with E-state index in [1.54, 1.807) is 12.1 Å². The van der Waals surface area contributed by atoms with E-state index in [9.17, 15) is 4.79 Å². The molecule has 0 unspecified atom stereocenters. The predicted octanol–water partition coefficient (Wildman–Crippen LogP) is 3.31. The molecule has 0 heterocycles. The summed E-state index contributed by atoms with van der Waals surface area (Å²) >= 11 is 0. The molecule has 0 radical (unpaired) electrons. The number of hydrogen-bond acceptors (Lipinski definition) is 4. The minimum absolute atomic E-state index is 0.0811. The molecule has 0 aromatic heterocycles. The fourth-order valence-electron chi connectivity index (χ4n) is 2.20. The van der Waals surface area contributed by atoms with Gasteiger partial charge in [-0.2, -0.15) is 5.10 Å². The molecule has 5 nitrogen and oxygen atoms in total. The van der Waals surface area contributed by atoms with E-state index in [0.29, 0.717) is 17.3 Å². The lowest BCUT2D eigenvalue weighted by Gasteiger charge is -2.13. The zero-order chi connectivity index (χ0) is 17.5. The maximum absolute atomic E-state index is 11.9. The molecule has 2 rings (SSSR count). The molecule has 3 N–H and O–H groups in total. The Labute approximate surface area is 142 Å². The normalized spacial score (nSPS) is 11.4. The van der Waals surface area contributed by atoms with Crippen LogP contribution >= 0.6 is 0 Å². The Kier molecular flexibility index (Phi) is 5.95. The number of amides is 1. The summed E-state index contributed by atoms with van der Waals surface area (Å²) in [4.78, 5) is 11.9. The summed E-state index contributed by atoms with van der Waals surface area (Å²) < 4.78 is 5.62. The van der Waals surface area contributed by atoms with Crippen LogP contribution in [-0.4, -0.2) is 18.2 Å². The molecule has 0 fully saturated rings. The Morgan fingerprint density at radius 3 is 2.50 bits per heavy atom. The summed E-state index contributed by atoms with van der Waals surface area (Å²) in [5, 5.41) is 4.09. The van der Waals surface area contributed by atoms with Crippen molar-refractivity contribution in [3.8, 4) is 5.75 Å². The molecule has 1 amide bonds. The van der Waals surface area contributed by atoms with Crippen LogP contribution in [0.2, 0.25) is 0 Å². The fourth-order valence-corrected chi connectivity index (χ4v) is 2.20. The van der Waals surface area contributed by atoms with Gasteiger partial charge in [0, 0.05) is 5.69 Å². The second-order valence-electron chi connectivity index (χ2n) is 5.84. The third-order valence-corrected chi connectivity index (χ3v) is 3.58. The molecule has 126 valence electrons. The number of nitrogens with one attached hydrogen (secondary N) is 1. The van der Waals surface area contributed by atoms with Crippen LogP contribution in [0.25, 0.3) is 0 Å². The smallest absolute Gasteiger partial charge is 0.277 e. The Morgan fingerprint density at radius 1 is 1.17 bits per heavy atom. The molecular formula is C19H23N3O2. The van der Waals surface area contributed by atoms with Crippen LogP contribution < -0.4 is 15.9 Å². The number of hydrazone groups is 1. The second kappa shape index (κ2) is 8.15. The van der Waals surface area contributed by atoms with Crippen molar-refractivity contribution in [2.24, 2.45) is 5.10 Å². The Balaban J connectivity index is 1.92. The number of anilines is 1. The molecule has 2 aromatic carbocycles. The van der Waals surface area contributed by atoms with Gasteiger partial charge in [-0.05, 0) is 42.2 Å². The summed E-state index contributed by atoms with van der Waals surface area (Å²) in [6.07, 6.45) is 0. The Hall–Kier alpha value is -2.82. The highest BCUT2D eigenvalue weighted by molar-refractivity contribution is 5.99. The first-order valence-corrected chi connectivity index (χ1v) is 7.88. The number of carbonyl (C=O) groups excluding carboxylic acids is 1. The van der Waals surface area contributed by atoms with Gasteiger partial charge in [0.15, 0.2) is 6.61 Å². The summed E-state index contributed by atoms with van der Waals surface area (Å²) in [6.45, 7) is 5.91. The highest BCUT2D eigenvalue weighted by Gasteiger charge is 2.09. The number of carbonyl (C=O) groups is 1. The second-order valence-corrected chi connectivity index (χ2v) is 5.84. The zero-order valence-corrected chi connectivity index (χ0v) is 14.2. The van der Waals surface area contributed by atoms with E-state index in [1.165, 1.54) is 0 Å². The molecule has 0 saturated heterocycles. The average molecular weight is 325 g/mol. The zero-order valence-electron chi connectivity index (χ0n) is 14.2. The number of hydrogen-bond donors (Lipinski definition) is 2. The van der Waals surface area contributed by atoms with Gasteiger partial charge in [0.1, 0.15) is 5.75 Å². The Morgan fingerprint density at radius 2 is 1.83 bits per heavy atom. The lowest BCUT2D eigenvalue weighted by Crippen LogP contribution is -2.25. The first-order valence-electron chi connectivity index (χ1n) is 7.88. The minimum atomic E-state index is -0.302. The van der Waals surface area contributed by atoms with Gasteiger partial charge in [0.25, 0.3) is 5.91 Å². The molecule has 0 aliphatic heterocycles. The number of ether oxygens (including phenoxy) is 1. The van der Waals surface area contributed by atoms with Gasteiger partial charge >= 0.3 is 0 Å². The average Bonchev–Trinajstić information content (AvgIpc) is 2.58. The van der Waals surface area contributed by atoms with Gasteiger partial charge in [0.05, 0.1) is 5.71 Å². The van der Waals surface area contributed by atoms with Crippen molar-refractivity contribution in [1.29, 1.82) is 0 Å². The van der Waals surface area contributed by atoms with E-state index >= 15 is 0 Å². The van der Waals surface area contributed by atoms with Crippen molar-refractivity contribution >= 4 is 17.3 Å². The molecule has 0 atom stereocenters. The van der Waals surface area contributed by atoms with Crippen molar-refractivity contribution in [1.82, 2.24) is 5.43 Å². The predicted molar refractivity (Wildman–Crippen MR) is 97.2 cm³/mol. The quantitative estimate of drug-likeness (QED) is 0.486. The maximum Gasteiger partial charge on any atom is 0.277 e. The largest absolute Gasteiger partial charge is 0.483 e. The van der Waals surface area contributed by atoms with Crippen LogP contribution in [0.3, 0.4) is 0 Å². The lowest BCUT2D eigenvalue weighted by atomic mass is 10.0. The van der Waals surface area contributed by atoms with Crippen molar-refractivity contribution < 1.29 is 9.53 Å². The van der Waals surface area contributed by atoms with Gasteiger partial charge in [-0.15, -0.1) is 0 Å². The van der Waals surface area contributed by atoms with Crippen LogP contribution in [0.15, 0.2) is 53.6 Å². The van der Waals surface area contributed by atoms with Gasteiger partial charge in [-0.3, -0.25) is 4.79 Å². The highest BCUT2D eigenvalue weighted by Crippen LogP contribution is 2.25. The van der Waals surface area contributed by atoms with E-state index in [2.05, 4.69) is 24.4 Å². The topological polar surface area (TPSA) is 76.7 Å². The van der Waals surface area contributed by atoms with E-state index in [-0.39, 0.29) is 12.5 Å². The van der Waals surface area contributed by atoms with Gasteiger partial charge < -0.3 is 10.5 Å². The summed E-state index contributed by atoms with van der Waals surface area (Å²) in [5.41, 5.74) is 11.5. The van der Waals surface area contributed by atoms with Crippen LogP contribution in [0.1, 0.15) is 37.8 Å². The van der Waals surface area contributed by atoms with Crippen molar-refractivity contribution in [3.05, 3.63) is 59.7 Å². The first-order chi connectivity index (χ1) is 11.5. The third kappa shape index (κ3) is 4.84. The summed E-state index contributed by atoms with van der Waals surface area (Å²) in [6, 6.07) is 15.0. The number of benzene rings is 2. The number of rotatable bonds is 6. The van der Waals surface area contributed by atoms with Crippen LogP contribution in [0.5, 0.6) is 5.75 Å².